The van der Waals surface area contributed by atoms with E-state index in [0.29, 0.717) is 5.56 Å². The third-order valence-corrected chi connectivity index (χ3v) is 1.81. The lowest BCUT2D eigenvalue weighted by Crippen LogP contribution is -1.85. The maximum atomic E-state index is 12.5. The molecule has 0 unspecified atom stereocenters. The lowest BCUT2D eigenvalue weighted by atomic mass is 10.2. The van der Waals surface area contributed by atoms with Crippen LogP contribution in [0.4, 0.5) is 4.39 Å². The van der Waals surface area contributed by atoms with E-state index in [2.05, 4.69) is 0 Å². The molecule has 1 aromatic rings. The van der Waals surface area contributed by atoms with Gasteiger partial charge in [0.05, 0.1) is 10.0 Å². The van der Waals surface area contributed by atoms with Gasteiger partial charge in [-0.2, -0.15) is 0 Å². The number of rotatable bonds is 1. The van der Waals surface area contributed by atoms with Crippen LogP contribution in [0.3, 0.4) is 0 Å². The lowest BCUT2D eigenvalue weighted by Gasteiger charge is -1.99. The van der Waals surface area contributed by atoms with Crippen LogP contribution in [-0.4, -0.2) is 6.21 Å². The second-order valence-electron chi connectivity index (χ2n) is 1.93. The Labute approximate surface area is 73.3 Å². The van der Waals surface area contributed by atoms with Crippen LogP contribution in [0, 0.1) is 11.2 Å². The Morgan fingerprint density at radius 2 is 1.73 bits per heavy atom. The zero-order chi connectivity index (χ0) is 8.43. The molecule has 4 heteroatoms. The summed E-state index contributed by atoms with van der Waals surface area (Å²) < 4.78 is 12.5. The molecule has 0 aliphatic carbocycles. The Morgan fingerprint density at radius 3 is 2.09 bits per heavy atom. The molecule has 0 atom stereocenters. The third-order valence-electron chi connectivity index (χ3n) is 1.19. The van der Waals surface area contributed by atoms with E-state index in [1.807, 2.05) is 0 Å². The molecule has 0 aliphatic heterocycles. The van der Waals surface area contributed by atoms with Gasteiger partial charge in [-0.25, -0.2) is 4.39 Å². The van der Waals surface area contributed by atoms with Crippen molar-refractivity contribution in [2.45, 2.75) is 0 Å². The minimum absolute atomic E-state index is 0.157. The summed E-state index contributed by atoms with van der Waals surface area (Å²) in [6, 6.07) is 2.24. The molecule has 0 saturated carbocycles. The molecule has 0 fully saturated rings. The first kappa shape index (κ1) is 8.50. The van der Waals surface area contributed by atoms with Crippen LogP contribution in [0.15, 0.2) is 12.1 Å². The van der Waals surface area contributed by atoms with Crippen molar-refractivity contribution in [3.8, 4) is 0 Å². The van der Waals surface area contributed by atoms with Crippen molar-refractivity contribution in [3.63, 3.8) is 0 Å². The van der Waals surface area contributed by atoms with E-state index in [4.69, 9.17) is 28.6 Å². The van der Waals surface area contributed by atoms with Crippen molar-refractivity contribution < 1.29 is 4.39 Å². The highest BCUT2D eigenvalue weighted by atomic mass is 35.5. The molecular weight excluding hydrogens is 188 g/mol. The van der Waals surface area contributed by atoms with Gasteiger partial charge in [0.1, 0.15) is 5.82 Å². The van der Waals surface area contributed by atoms with Crippen LogP contribution < -0.4 is 0 Å². The van der Waals surface area contributed by atoms with Crippen molar-refractivity contribution in [1.29, 1.82) is 5.41 Å². The maximum Gasteiger partial charge on any atom is 0.126 e. The minimum atomic E-state index is -0.495. The fourth-order valence-electron chi connectivity index (χ4n) is 0.691. The SMILES string of the molecule is N=Cc1c(Cl)cc(F)cc1Cl. The third kappa shape index (κ3) is 1.70. The Kier molecular flexibility index (Phi) is 2.47. The van der Waals surface area contributed by atoms with Crippen LogP contribution >= 0.6 is 23.2 Å². The maximum absolute atomic E-state index is 12.5. The molecule has 0 bridgehead atoms. The van der Waals surface area contributed by atoms with Gasteiger partial charge >= 0.3 is 0 Å². The van der Waals surface area contributed by atoms with Crippen molar-refractivity contribution in [1.82, 2.24) is 0 Å². The van der Waals surface area contributed by atoms with E-state index >= 15 is 0 Å². The summed E-state index contributed by atoms with van der Waals surface area (Å²) in [5, 5.41) is 7.19. The van der Waals surface area contributed by atoms with E-state index in [-0.39, 0.29) is 10.0 Å². The smallest absolute Gasteiger partial charge is 0.126 e. The lowest BCUT2D eigenvalue weighted by molar-refractivity contribution is 0.628. The molecule has 0 aliphatic rings. The highest BCUT2D eigenvalue weighted by Gasteiger charge is 2.04. The zero-order valence-electron chi connectivity index (χ0n) is 5.37. The van der Waals surface area contributed by atoms with E-state index in [1.165, 1.54) is 0 Å². The van der Waals surface area contributed by atoms with Gasteiger partial charge in [-0.15, -0.1) is 0 Å². The summed E-state index contributed by atoms with van der Waals surface area (Å²) in [6.07, 6.45) is 0.990. The fraction of sp³-hybridized carbons (Fsp3) is 0. The molecule has 1 rings (SSSR count). The van der Waals surface area contributed by atoms with Crippen molar-refractivity contribution in [2.75, 3.05) is 0 Å². The fourth-order valence-corrected chi connectivity index (χ4v) is 1.26. The molecule has 0 aromatic heterocycles. The van der Waals surface area contributed by atoms with Crippen molar-refractivity contribution in [2.24, 2.45) is 0 Å². The monoisotopic (exact) mass is 191 g/mol. The zero-order valence-corrected chi connectivity index (χ0v) is 6.88. The van der Waals surface area contributed by atoms with Gasteiger partial charge in [0.25, 0.3) is 0 Å². The first-order valence-electron chi connectivity index (χ1n) is 2.80. The van der Waals surface area contributed by atoms with E-state index in [9.17, 15) is 4.39 Å². The highest BCUT2D eigenvalue weighted by molar-refractivity contribution is 6.38. The van der Waals surface area contributed by atoms with E-state index < -0.39 is 5.82 Å². The van der Waals surface area contributed by atoms with Crippen LogP contribution in [0.25, 0.3) is 0 Å². The van der Waals surface area contributed by atoms with Crippen LogP contribution in [0.5, 0.6) is 0 Å². The van der Waals surface area contributed by atoms with Gasteiger partial charge in [-0.3, -0.25) is 0 Å². The Bertz CT molecular complexity index is 275. The minimum Gasteiger partial charge on any atom is -0.308 e. The molecule has 58 valence electrons. The number of hydrogen-bond donors (Lipinski definition) is 1. The molecule has 0 spiro atoms. The molecule has 0 radical (unpaired) electrons. The molecule has 1 nitrogen and oxygen atoms in total. The van der Waals surface area contributed by atoms with Gasteiger partial charge in [0.2, 0.25) is 0 Å². The molecule has 11 heavy (non-hydrogen) atoms. The average Bonchev–Trinajstić information content (AvgIpc) is 1.85. The average molecular weight is 192 g/mol. The molecule has 0 heterocycles. The van der Waals surface area contributed by atoms with Crippen LogP contribution in [-0.2, 0) is 0 Å². The summed E-state index contributed by atoms with van der Waals surface area (Å²) in [6.45, 7) is 0. The summed E-state index contributed by atoms with van der Waals surface area (Å²) in [4.78, 5) is 0. The normalized spacial score (nSPS) is 9.73. The molecule has 1 N–H and O–H groups in total. The molecule has 0 amide bonds. The predicted octanol–water partition coefficient (Wildman–Crippen LogP) is 3.13. The summed E-state index contributed by atoms with van der Waals surface area (Å²) in [5.74, 6) is -0.495. The van der Waals surface area contributed by atoms with Crippen molar-refractivity contribution in [3.05, 3.63) is 33.6 Å². The summed E-state index contributed by atoms with van der Waals surface area (Å²) in [5.41, 5.74) is 0.342. The predicted molar refractivity (Wildman–Crippen MR) is 44.3 cm³/mol. The van der Waals surface area contributed by atoms with Gasteiger partial charge < -0.3 is 5.41 Å². The summed E-state index contributed by atoms with van der Waals surface area (Å²) in [7, 11) is 0. The van der Waals surface area contributed by atoms with Crippen LogP contribution in [0.1, 0.15) is 5.56 Å². The summed E-state index contributed by atoms with van der Waals surface area (Å²) >= 11 is 11.1. The number of hydrogen-bond acceptors (Lipinski definition) is 1. The first-order valence-corrected chi connectivity index (χ1v) is 3.55. The number of nitrogens with one attached hydrogen (secondary N) is 1. The number of halogens is 3. The Morgan fingerprint density at radius 1 is 1.27 bits per heavy atom. The van der Waals surface area contributed by atoms with Gasteiger partial charge in [0, 0.05) is 11.8 Å². The van der Waals surface area contributed by atoms with Gasteiger partial charge in [-0.1, -0.05) is 23.2 Å². The highest BCUT2D eigenvalue weighted by Crippen LogP contribution is 2.23. The molecular formula is C7H4Cl2FN. The topological polar surface area (TPSA) is 23.9 Å². The van der Waals surface area contributed by atoms with Gasteiger partial charge in [-0.05, 0) is 12.1 Å². The molecule has 1 aromatic carbocycles. The van der Waals surface area contributed by atoms with E-state index in [1.54, 1.807) is 0 Å². The van der Waals surface area contributed by atoms with Gasteiger partial charge in [0.15, 0.2) is 0 Å². The second-order valence-corrected chi connectivity index (χ2v) is 2.74. The standard InChI is InChI=1S/C7H4Cl2FN/c8-6-1-4(10)2-7(9)5(6)3-11/h1-3,11H. The molecule has 0 saturated heterocycles. The van der Waals surface area contributed by atoms with E-state index in [0.717, 1.165) is 18.3 Å². The largest absolute Gasteiger partial charge is 0.308 e. The Balaban J connectivity index is 3.36. The van der Waals surface area contributed by atoms with Crippen molar-refractivity contribution >= 4 is 29.4 Å². The number of benzene rings is 1. The van der Waals surface area contributed by atoms with Crippen LogP contribution in [0.2, 0.25) is 10.0 Å². The first-order chi connectivity index (χ1) is 5.15. The Hall–Kier alpha value is -0.600. The second kappa shape index (κ2) is 3.20. The quantitative estimate of drug-likeness (QED) is 0.661.